The molecule has 0 aliphatic heterocycles. The maximum Gasteiger partial charge on any atom is 0.241 e. The van der Waals surface area contributed by atoms with E-state index >= 15 is 0 Å². The van der Waals surface area contributed by atoms with Gasteiger partial charge in [0.05, 0.1) is 0 Å². The van der Waals surface area contributed by atoms with Crippen LogP contribution >= 0.6 is 12.4 Å². The molecule has 1 amide bonds. The Bertz CT molecular complexity index is 848. The van der Waals surface area contributed by atoms with Crippen LogP contribution < -0.4 is 11.1 Å². The topological polar surface area (TPSA) is 55.1 Å². The van der Waals surface area contributed by atoms with Crippen molar-refractivity contribution in [2.24, 2.45) is 5.73 Å². The molecule has 0 fully saturated rings. The molecule has 3 N–H and O–H groups in total. The highest BCUT2D eigenvalue weighted by Crippen LogP contribution is 2.21. The normalized spacial score (nSPS) is 11.3. The number of amides is 1. The van der Waals surface area contributed by atoms with Gasteiger partial charge in [0.25, 0.3) is 0 Å². The van der Waals surface area contributed by atoms with Gasteiger partial charge in [-0.2, -0.15) is 0 Å². The molecule has 0 aromatic heterocycles. The summed E-state index contributed by atoms with van der Waals surface area (Å²) in [6.45, 7) is 2.52. The Morgan fingerprint density at radius 1 is 0.923 bits per heavy atom. The Labute approximate surface area is 160 Å². The van der Waals surface area contributed by atoms with E-state index < -0.39 is 6.04 Å². The van der Waals surface area contributed by atoms with Gasteiger partial charge < -0.3 is 11.1 Å². The molecule has 3 aromatic carbocycles. The van der Waals surface area contributed by atoms with E-state index in [1.165, 1.54) is 5.56 Å². The fourth-order valence-electron chi connectivity index (χ4n) is 2.79. The largest absolute Gasteiger partial charge is 0.350 e. The number of hydrogen-bond donors (Lipinski definition) is 2. The number of benzene rings is 3. The molecule has 3 rings (SSSR count). The summed E-state index contributed by atoms with van der Waals surface area (Å²) in [5.74, 6) is -0.172. The van der Waals surface area contributed by atoms with Crippen LogP contribution in [-0.2, 0) is 11.3 Å². The highest BCUT2D eigenvalue weighted by Gasteiger charge is 2.15. The van der Waals surface area contributed by atoms with E-state index in [1.54, 1.807) is 0 Å². The van der Waals surface area contributed by atoms with E-state index in [2.05, 4.69) is 23.5 Å². The predicted octanol–water partition coefficient (Wildman–Crippen LogP) is 4.40. The summed E-state index contributed by atoms with van der Waals surface area (Å²) < 4.78 is 0. The van der Waals surface area contributed by atoms with Gasteiger partial charge in [-0.15, -0.1) is 12.4 Å². The minimum absolute atomic E-state index is 0. The molecular weight excluding hydrogens is 344 g/mol. The standard InChI is InChI=1S/C22H22N2O.ClH/c1-16-6-5-7-17(14-16)15-24-22(25)21(23)20-12-10-19(11-13-20)18-8-3-2-4-9-18;/h2-14,21H,15,23H2,1H3,(H,24,25);1H. The van der Waals surface area contributed by atoms with Gasteiger partial charge in [-0.05, 0) is 29.2 Å². The minimum Gasteiger partial charge on any atom is -0.350 e. The lowest BCUT2D eigenvalue weighted by molar-refractivity contribution is -0.122. The maximum absolute atomic E-state index is 12.3. The van der Waals surface area contributed by atoms with Crippen molar-refractivity contribution in [1.29, 1.82) is 0 Å². The van der Waals surface area contributed by atoms with Crippen LogP contribution in [0.4, 0.5) is 0 Å². The van der Waals surface area contributed by atoms with Gasteiger partial charge in [-0.25, -0.2) is 0 Å². The zero-order chi connectivity index (χ0) is 17.6. The first-order chi connectivity index (χ1) is 12.1. The second kappa shape index (κ2) is 9.18. The quantitative estimate of drug-likeness (QED) is 0.703. The van der Waals surface area contributed by atoms with Crippen LogP contribution in [0, 0.1) is 6.92 Å². The van der Waals surface area contributed by atoms with Crippen molar-refractivity contribution < 1.29 is 4.79 Å². The van der Waals surface area contributed by atoms with Gasteiger partial charge in [-0.3, -0.25) is 4.79 Å². The van der Waals surface area contributed by atoms with E-state index in [-0.39, 0.29) is 18.3 Å². The van der Waals surface area contributed by atoms with Crippen LogP contribution in [-0.4, -0.2) is 5.91 Å². The number of aryl methyl sites for hydroxylation is 1. The molecule has 0 spiro atoms. The van der Waals surface area contributed by atoms with Crippen molar-refractivity contribution in [2.45, 2.75) is 19.5 Å². The average Bonchev–Trinajstić information content (AvgIpc) is 2.66. The predicted molar refractivity (Wildman–Crippen MR) is 109 cm³/mol. The van der Waals surface area contributed by atoms with Crippen LogP contribution in [0.1, 0.15) is 22.7 Å². The van der Waals surface area contributed by atoms with Gasteiger partial charge in [-0.1, -0.05) is 84.4 Å². The van der Waals surface area contributed by atoms with E-state index in [0.29, 0.717) is 6.54 Å². The molecular formula is C22H23ClN2O. The number of hydrogen-bond acceptors (Lipinski definition) is 2. The van der Waals surface area contributed by atoms with Gasteiger partial charge in [0.15, 0.2) is 0 Å². The molecule has 3 nitrogen and oxygen atoms in total. The van der Waals surface area contributed by atoms with E-state index in [0.717, 1.165) is 22.3 Å². The summed E-state index contributed by atoms with van der Waals surface area (Å²) in [5, 5.41) is 2.91. The molecule has 0 aliphatic rings. The van der Waals surface area contributed by atoms with Crippen molar-refractivity contribution in [2.75, 3.05) is 0 Å². The first-order valence-corrected chi connectivity index (χ1v) is 8.38. The Balaban J connectivity index is 0.00000243. The summed E-state index contributed by atoms with van der Waals surface area (Å²) in [7, 11) is 0. The number of rotatable bonds is 5. The van der Waals surface area contributed by atoms with Crippen molar-refractivity contribution in [3.8, 4) is 11.1 Å². The maximum atomic E-state index is 12.3. The van der Waals surface area contributed by atoms with E-state index in [9.17, 15) is 4.79 Å². The lowest BCUT2D eigenvalue weighted by atomic mass is 10.0. The second-order valence-electron chi connectivity index (χ2n) is 6.17. The van der Waals surface area contributed by atoms with Gasteiger partial charge >= 0.3 is 0 Å². The lowest BCUT2D eigenvalue weighted by Gasteiger charge is -2.13. The number of halogens is 1. The number of carbonyl (C=O) groups is 1. The van der Waals surface area contributed by atoms with Crippen molar-refractivity contribution in [3.05, 3.63) is 95.6 Å². The third-order valence-electron chi connectivity index (χ3n) is 4.21. The zero-order valence-electron chi connectivity index (χ0n) is 14.7. The van der Waals surface area contributed by atoms with Crippen LogP contribution in [0.25, 0.3) is 11.1 Å². The first-order valence-electron chi connectivity index (χ1n) is 8.38. The third kappa shape index (κ3) is 4.94. The number of nitrogens with two attached hydrogens (primary N) is 1. The molecule has 0 saturated carbocycles. The van der Waals surface area contributed by atoms with E-state index in [1.807, 2.05) is 67.6 Å². The van der Waals surface area contributed by atoms with Crippen LogP contribution in [0.3, 0.4) is 0 Å². The Morgan fingerprint density at radius 3 is 2.23 bits per heavy atom. The molecule has 1 unspecified atom stereocenters. The van der Waals surface area contributed by atoms with Crippen LogP contribution in [0.5, 0.6) is 0 Å². The van der Waals surface area contributed by atoms with Crippen LogP contribution in [0.15, 0.2) is 78.9 Å². The lowest BCUT2D eigenvalue weighted by Crippen LogP contribution is -2.33. The van der Waals surface area contributed by atoms with Gasteiger partial charge in [0, 0.05) is 6.54 Å². The molecule has 0 bridgehead atoms. The summed E-state index contributed by atoms with van der Waals surface area (Å²) in [5.41, 5.74) is 11.4. The Hall–Kier alpha value is -2.62. The smallest absolute Gasteiger partial charge is 0.241 e. The molecule has 26 heavy (non-hydrogen) atoms. The molecule has 134 valence electrons. The van der Waals surface area contributed by atoms with Crippen molar-refractivity contribution in [1.82, 2.24) is 5.32 Å². The highest BCUT2D eigenvalue weighted by molar-refractivity contribution is 5.85. The average molecular weight is 367 g/mol. The van der Waals surface area contributed by atoms with Gasteiger partial charge in [0.2, 0.25) is 5.91 Å². The fraction of sp³-hybridized carbons (Fsp3) is 0.136. The van der Waals surface area contributed by atoms with E-state index in [4.69, 9.17) is 5.73 Å². The Morgan fingerprint density at radius 2 is 1.58 bits per heavy atom. The summed E-state index contributed by atoms with van der Waals surface area (Å²) in [6, 6.07) is 25.4. The van der Waals surface area contributed by atoms with Crippen molar-refractivity contribution in [3.63, 3.8) is 0 Å². The molecule has 0 aliphatic carbocycles. The summed E-state index contributed by atoms with van der Waals surface area (Å²) in [6.07, 6.45) is 0. The second-order valence-corrected chi connectivity index (χ2v) is 6.17. The van der Waals surface area contributed by atoms with Gasteiger partial charge in [0.1, 0.15) is 6.04 Å². The zero-order valence-corrected chi connectivity index (χ0v) is 15.5. The molecule has 4 heteroatoms. The monoisotopic (exact) mass is 366 g/mol. The van der Waals surface area contributed by atoms with Crippen LogP contribution in [0.2, 0.25) is 0 Å². The molecule has 0 radical (unpaired) electrons. The Kier molecular flexibility index (Phi) is 6.96. The molecule has 3 aromatic rings. The fourth-order valence-corrected chi connectivity index (χ4v) is 2.79. The number of carbonyl (C=O) groups excluding carboxylic acids is 1. The third-order valence-corrected chi connectivity index (χ3v) is 4.21. The number of nitrogens with one attached hydrogen (secondary N) is 1. The molecule has 1 atom stereocenters. The summed E-state index contributed by atoms with van der Waals surface area (Å²) >= 11 is 0. The minimum atomic E-state index is -0.672. The van der Waals surface area contributed by atoms with Crippen molar-refractivity contribution >= 4 is 18.3 Å². The highest BCUT2D eigenvalue weighted by atomic mass is 35.5. The molecule has 0 heterocycles. The first kappa shape index (κ1) is 19.7. The summed E-state index contributed by atoms with van der Waals surface area (Å²) in [4.78, 5) is 12.3. The SMILES string of the molecule is Cc1cccc(CNC(=O)C(N)c2ccc(-c3ccccc3)cc2)c1.Cl. The molecule has 0 saturated heterocycles.